The van der Waals surface area contributed by atoms with E-state index in [1.54, 1.807) is 14.2 Å². The molecule has 0 saturated heterocycles. The first-order valence-electron chi connectivity index (χ1n) is 5.37. The molecule has 0 heterocycles. The maximum atomic E-state index is 10.6. The summed E-state index contributed by atoms with van der Waals surface area (Å²) in [5.74, 6) is 1.37. The van der Waals surface area contributed by atoms with Gasteiger partial charge in [0, 0.05) is 6.04 Å². The minimum atomic E-state index is -0.985. The van der Waals surface area contributed by atoms with E-state index < -0.39 is 6.09 Å². The summed E-state index contributed by atoms with van der Waals surface area (Å²) in [6.45, 7) is 0. The van der Waals surface area contributed by atoms with Gasteiger partial charge in [0.2, 0.25) is 0 Å². The van der Waals surface area contributed by atoms with Crippen molar-refractivity contribution in [3.63, 3.8) is 0 Å². The van der Waals surface area contributed by atoms with E-state index in [1.165, 1.54) is 0 Å². The lowest BCUT2D eigenvalue weighted by atomic mass is 10.1. The molecule has 1 aromatic rings. The van der Waals surface area contributed by atoms with Gasteiger partial charge in [0.05, 0.1) is 14.2 Å². The van der Waals surface area contributed by atoms with Crippen LogP contribution < -0.4 is 14.8 Å². The fourth-order valence-corrected chi connectivity index (χ4v) is 2.22. The van der Waals surface area contributed by atoms with Crippen LogP contribution >= 0.6 is 0 Å². The fourth-order valence-electron chi connectivity index (χ4n) is 2.22. The Hall–Kier alpha value is -1.91. The molecule has 0 saturated carbocycles. The molecule has 0 fully saturated rings. The zero-order chi connectivity index (χ0) is 12.4. The normalized spacial score (nSPS) is 14.2. The molecule has 5 heteroatoms. The van der Waals surface area contributed by atoms with E-state index in [0.717, 1.165) is 11.1 Å². The van der Waals surface area contributed by atoms with Gasteiger partial charge in [0.1, 0.15) is 0 Å². The molecule has 1 aliphatic carbocycles. The van der Waals surface area contributed by atoms with Gasteiger partial charge < -0.3 is 19.9 Å². The number of carbonyl (C=O) groups is 1. The minimum absolute atomic E-state index is 0.0562. The highest BCUT2D eigenvalue weighted by molar-refractivity contribution is 5.65. The predicted octanol–water partition coefficient (Wildman–Crippen LogP) is 1.44. The van der Waals surface area contributed by atoms with Crippen molar-refractivity contribution in [2.75, 3.05) is 14.2 Å². The first-order valence-corrected chi connectivity index (χ1v) is 5.37. The van der Waals surface area contributed by atoms with Crippen molar-refractivity contribution in [2.45, 2.75) is 18.9 Å². The van der Waals surface area contributed by atoms with Gasteiger partial charge in [-0.15, -0.1) is 0 Å². The smallest absolute Gasteiger partial charge is 0.404 e. The van der Waals surface area contributed by atoms with E-state index in [-0.39, 0.29) is 6.04 Å². The van der Waals surface area contributed by atoms with Crippen molar-refractivity contribution in [1.82, 2.24) is 5.32 Å². The molecule has 0 aliphatic heterocycles. The summed E-state index contributed by atoms with van der Waals surface area (Å²) >= 11 is 0. The van der Waals surface area contributed by atoms with Gasteiger partial charge in [-0.3, -0.25) is 0 Å². The first kappa shape index (κ1) is 11.6. The molecular formula is C12H15NO4. The first-order chi connectivity index (χ1) is 8.13. The molecule has 17 heavy (non-hydrogen) atoms. The lowest BCUT2D eigenvalue weighted by molar-refractivity contribution is 0.190. The fraction of sp³-hybridized carbons (Fsp3) is 0.417. The standard InChI is InChI=1S/C12H15NO4/c1-16-10-5-7-3-9(13-12(14)15)4-8(7)6-11(10)17-2/h5-6,9,13H,3-4H2,1-2H3,(H,14,15). The van der Waals surface area contributed by atoms with Crippen molar-refractivity contribution in [3.05, 3.63) is 23.3 Å². The van der Waals surface area contributed by atoms with Crippen LogP contribution in [0.3, 0.4) is 0 Å². The Morgan fingerprint density at radius 1 is 1.24 bits per heavy atom. The van der Waals surface area contributed by atoms with Gasteiger partial charge in [-0.1, -0.05) is 0 Å². The predicted molar refractivity (Wildman–Crippen MR) is 61.9 cm³/mol. The average Bonchev–Trinajstić information content (AvgIpc) is 2.66. The summed E-state index contributed by atoms with van der Waals surface area (Å²) < 4.78 is 10.4. The highest BCUT2D eigenvalue weighted by Gasteiger charge is 2.24. The molecule has 0 aromatic heterocycles. The van der Waals surface area contributed by atoms with Gasteiger partial charge >= 0.3 is 6.09 Å². The molecule has 0 spiro atoms. The third kappa shape index (κ3) is 2.27. The molecular weight excluding hydrogens is 222 g/mol. The Kier molecular flexibility index (Phi) is 3.08. The number of rotatable bonds is 3. The van der Waals surface area contributed by atoms with Crippen LogP contribution in [-0.4, -0.2) is 31.5 Å². The van der Waals surface area contributed by atoms with Crippen LogP contribution in [0.25, 0.3) is 0 Å². The van der Waals surface area contributed by atoms with E-state index in [9.17, 15) is 4.79 Å². The molecule has 1 aliphatic rings. The minimum Gasteiger partial charge on any atom is -0.493 e. The largest absolute Gasteiger partial charge is 0.493 e. The van der Waals surface area contributed by atoms with Crippen molar-refractivity contribution < 1.29 is 19.4 Å². The topological polar surface area (TPSA) is 67.8 Å². The molecule has 92 valence electrons. The second-order valence-electron chi connectivity index (χ2n) is 4.03. The number of benzene rings is 1. The molecule has 1 aromatic carbocycles. The summed E-state index contributed by atoms with van der Waals surface area (Å²) in [5.41, 5.74) is 2.22. The maximum Gasteiger partial charge on any atom is 0.404 e. The third-order valence-corrected chi connectivity index (χ3v) is 2.97. The summed E-state index contributed by atoms with van der Waals surface area (Å²) in [6.07, 6.45) is 0.408. The number of fused-ring (bicyclic) bond motifs is 1. The van der Waals surface area contributed by atoms with E-state index in [2.05, 4.69) is 5.32 Å². The van der Waals surface area contributed by atoms with Gasteiger partial charge in [0.25, 0.3) is 0 Å². The van der Waals surface area contributed by atoms with Crippen LogP contribution in [0.5, 0.6) is 11.5 Å². The number of amides is 1. The zero-order valence-electron chi connectivity index (χ0n) is 9.82. The zero-order valence-corrected chi connectivity index (χ0v) is 9.82. The Morgan fingerprint density at radius 2 is 1.71 bits per heavy atom. The molecule has 2 N–H and O–H groups in total. The SMILES string of the molecule is COc1cc2c(cc1OC)CC(NC(=O)O)C2. The maximum absolute atomic E-state index is 10.6. The lowest BCUT2D eigenvalue weighted by Crippen LogP contribution is -2.33. The molecule has 0 atom stereocenters. The quantitative estimate of drug-likeness (QED) is 0.834. The van der Waals surface area contributed by atoms with E-state index in [1.807, 2.05) is 12.1 Å². The third-order valence-electron chi connectivity index (χ3n) is 2.97. The Bertz CT molecular complexity index is 411. The number of nitrogens with one attached hydrogen (secondary N) is 1. The second-order valence-corrected chi connectivity index (χ2v) is 4.03. The summed E-state index contributed by atoms with van der Waals surface area (Å²) in [6, 6.07) is 3.77. The van der Waals surface area contributed by atoms with E-state index >= 15 is 0 Å². The van der Waals surface area contributed by atoms with Crippen LogP contribution in [0.4, 0.5) is 4.79 Å². The van der Waals surface area contributed by atoms with Gasteiger partial charge in [-0.05, 0) is 36.1 Å². The van der Waals surface area contributed by atoms with Crippen LogP contribution in [0.1, 0.15) is 11.1 Å². The van der Waals surface area contributed by atoms with Crippen molar-refractivity contribution >= 4 is 6.09 Å². The van der Waals surface area contributed by atoms with Crippen molar-refractivity contribution in [2.24, 2.45) is 0 Å². The van der Waals surface area contributed by atoms with Crippen LogP contribution in [0.15, 0.2) is 12.1 Å². The van der Waals surface area contributed by atoms with E-state index in [0.29, 0.717) is 24.3 Å². The molecule has 2 rings (SSSR count). The molecule has 5 nitrogen and oxygen atoms in total. The Balaban J connectivity index is 2.23. The number of hydrogen-bond donors (Lipinski definition) is 2. The monoisotopic (exact) mass is 237 g/mol. The van der Waals surface area contributed by atoms with Gasteiger partial charge in [0.15, 0.2) is 11.5 Å². The second kappa shape index (κ2) is 4.53. The molecule has 1 amide bonds. The summed E-state index contributed by atoms with van der Waals surface area (Å²) in [4.78, 5) is 10.6. The number of carboxylic acid groups (broad SMARTS) is 1. The highest BCUT2D eigenvalue weighted by Crippen LogP contribution is 2.34. The number of ether oxygens (including phenoxy) is 2. The Morgan fingerprint density at radius 3 is 2.06 bits per heavy atom. The van der Waals surface area contributed by atoms with Crippen LogP contribution in [0, 0.1) is 0 Å². The van der Waals surface area contributed by atoms with Crippen molar-refractivity contribution in [3.8, 4) is 11.5 Å². The summed E-state index contributed by atoms with van der Waals surface area (Å²) in [5, 5.41) is 11.2. The average molecular weight is 237 g/mol. The highest BCUT2D eigenvalue weighted by atomic mass is 16.5. The number of hydrogen-bond acceptors (Lipinski definition) is 3. The molecule has 0 bridgehead atoms. The van der Waals surface area contributed by atoms with Gasteiger partial charge in [-0.2, -0.15) is 0 Å². The van der Waals surface area contributed by atoms with Crippen molar-refractivity contribution in [1.29, 1.82) is 0 Å². The van der Waals surface area contributed by atoms with Crippen LogP contribution in [0.2, 0.25) is 0 Å². The Labute approximate surface area is 99.3 Å². The molecule has 0 radical (unpaired) electrons. The molecule has 0 unspecified atom stereocenters. The van der Waals surface area contributed by atoms with Crippen LogP contribution in [-0.2, 0) is 12.8 Å². The number of methoxy groups -OCH3 is 2. The lowest BCUT2D eigenvalue weighted by Gasteiger charge is -2.09. The van der Waals surface area contributed by atoms with E-state index in [4.69, 9.17) is 14.6 Å². The van der Waals surface area contributed by atoms with Gasteiger partial charge in [-0.25, -0.2) is 4.79 Å². The summed E-state index contributed by atoms with van der Waals surface area (Å²) in [7, 11) is 3.18.